The third-order valence-corrected chi connectivity index (χ3v) is 3.00. The van der Waals surface area contributed by atoms with E-state index in [0.29, 0.717) is 17.9 Å². The summed E-state index contributed by atoms with van der Waals surface area (Å²) in [6.45, 7) is 4.22. The molecule has 0 bridgehead atoms. The number of benzene rings is 1. The van der Waals surface area contributed by atoms with Crippen LogP contribution in [0.1, 0.15) is 29.3 Å². The van der Waals surface area contributed by atoms with Crippen LogP contribution in [-0.2, 0) is 9.53 Å². The van der Waals surface area contributed by atoms with Crippen molar-refractivity contribution in [3.8, 4) is 5.75 Å². The lowest BCUT2D eigenvalue weighted by molar-refractivity contribution is -0.144. The lowest BCUT2D eigenvalue weighted by Gasteiger charge is -2.24. The summed E-state index contributed by atoms with van der Waals surface area (Å²) < 4.78 is 10.4. The van der Waals surface area contributed by atoms with E-state index in [9.17, 15) is 9.59 Å². The average molecular weight is 248 g/mol. The van der Waals surface area contributed by atoms with Crippen LogP contribution in [0.4, 0.5) is 0 Å². The topological polar surface area (TPSA) is 52.6 Å². The summed E-state index contributed by atoms with van der Waals surface area (Å²) in [5.41, 5.74) is 1.51. The molecule has 1 aromatic carbocycles. The highest BCUT2D eigenvalue weighted by Crippen LogP contribution is 2.31. The van der Waals surface area contributed by atoms with Crippen molar-refractivity contribution in [1.82, 2.24) is 0 Å². The van der Waals surface area contributed by atoms with Gasteiger partial charge >= 0.3 is 5.97 Å². The van der Waals surface area contributed by atoms with E-state index in [0.717, 1.165) is 5.56 Å². The minimum atomic E-state index is -0.432. The van der Waals surface area contributed by atoms with Gasteiger partial charge in [-0.3, -0.25) is 9.59 Å². The van der Waals surface area contributed by atoms with Crippen molar-refractivity contribution in [2.45, 2.75) is 20.3 Å². The molecule has 4 nitrogen and oxygen atoms in total. The van der Waals surface area contributed by atoms with Gasteiger partial charge in [-0.15, -0.1) is 0 Å². The first-order valence-corrected chi connectivity index (χ1v) is 6.05. The van der Waals surface area contributed by atoms with Gasteiger partial charge in [-0.25, -0.2) is 0 Å². The number of rotatable bonds is 3. The summed E-state index contributed by atoms with van der Waals surface area (Å²) in [5, 5.41) is 0. The van der Waals surface area contributed by atoms with Gasteiger partial charge in [0.25, 0.3) is 0 Å². The molecule has 4 heteroatoms. The number of esters is 1. The predicted molar refractivity (Wildman–Crippen MR) is 65.7 cm³/mol. The summed E-state index contributed by atoms with van der Waals surface area (Å²) in [6, 6.07) is 5.46. The standard InChI is InChI=1S/C14H16O4/c1-3-17-12(15)7-10-8-18-14-9(2)5-4-6-11(14)13(10)16/h4-6,10H,3,7-8H2,1-2H3/t10-/m0/s1. The van der Waals surface area contributed by atoms with Crippen molar-refractivity contribution in [2.75, 3.05) is 13.2 Å². The van der Waals surface area contributed by atoms with Crippen molar-refractivity contribution in [3.63, 3.8) is 0 Å². The molecular formula is C14H16O4. The number of ketones is 1. The van der Waals surface area contributed by atoms with Crippen molar-refractivity contribution >= 4 is 11.8 Å². The van der Waals surface area contributed by atoms with E-state index in [-0.39, 0.29) is 24.8 Å². The highest BCUT2D eigenvalue weighted by molar-refractivity contribution is 6.03. The van der Waals surface area contributed by atoms with E-state index in [2.05, 4.69) is 0 Å². The molecule has 1 aliphatic rings. The highest BCUT2D eigenvalue weighted by Gasteiger charge is 2.31. The molecule has 0 saturated carbocycles. The number of carbonyl (C=O) groups is 2. The maximum Gasteiger partial charge on any atom is 0.306 e. The molecule has 0 amide bonds. The van der Waals surface area contributed by atoms with Gasteiger partial charge in [0.05, 0.1) is 31.1 Å². The van der Waals surface area contributed by atoms with E-state index in [1.807, 2.05) is 19.1 Å². The van der Waals surface area contributed by atoms with Crippen molar-refractivity contribution in [3.05, 3.63) is 29.3 Å². The number of para-hydroxylation sites is 1. The van der Waals surface area contributed by atoms with Gasteiger partial charge in [0, 0.05) is 0 Å². The molecular weight excluding hydrogens is 232 g/mol. The van der Waals surface area contributed by atoms with Gasteiger partial charge in [0.2, 0.25) is 0 Å². The van der Waals surface area contributed by atoms with Crippen LogP contribution in [0.3, 0.4) is 0 Å². The predicted octanol–water partition coefficient (Wildman–Crippen LogP) is 2.14. The smallest absolute Gasteiger partial charge is 0.306 e. The summed E-state index contributed by atoms with van der Waals surface area (Å²) in [4.78, 5) is 23.6. The second kappa shape index (κ2) is 5.21. The maximum atomic E-state index is 12.2. The second-order valence-electron chi connectivity index (χ2n) is 4.33. The number of hydrogen-bond acceptors (Lipinski definition) is 4. The van der Waals surface area contributed by atoms with Gasteiger partial charge < -0.3 is 9.47 Å². The molecule has 0 fully saturated rings. The van der Waals surface area contributed by atoms with E-state index in [4.69, 9.17) is 9.47 Å². The fourth-order valence-corrected chi connectivity index (χ4v) is 2.09. The van der Waals surface area contributed by atoms with Crippen LogP contribution in [0, 0.1) is 12.8 Å². The van der Waals surface area contributed by atoms with E-state index in [1.165, 1.54) is 0 Å². The fraction of sp³-hybridized carbons (Fsp3) is 0.429. The molecule has 18 heavy (non-hydrogen) atoms. The molecule has 0 unspecified atom stereocenters. The first kappa shape index (κ1) is 12.6. The van der Waals surface area contributed by atoms with Crippen molar-refractivity contribution < 1.29 is 19.1 Å². The Labute approximate surface area is 106 Å². The van der Waals surface area contributed by atoms with Crippen LogP contribution >= 0.6 is 0 Å². The van der Waals surface area contributed by atoms with Gasteiger partial charge in [-0.2, -0.15) is 0 Å². The van der Waals surface area contributed by atoms with Gasteiger partial charge in [0.15, 0.2) is 5.78 Å². The Morgan fingerprint density at radius 1 is 1.50 bits per heavy atom. The van der Waals surface area contributed by atoms with Crippen molar-refractivity contribution in [2.24, 2.45) is 5.92 Å². The first-order valence-electron chi connectivity index (χ1n) is 6.05. The molecule has 0 N–H and O–H groups in total. The molecule has 96 valence electrons. The van der Waals surface area contributed by atoms with E-state index < -0.39 is 5.92 Å². The first-order chi connectivity index (χ1) is 8.63. The van der Waals surface area contributed by atoms with E-state index in [1.54, 1.807) is 13.0 Å². The lowest BCUT2D eigenvalue weighted by Crippen LogP contribution is -2.30. The largest absolute Gasteiger partial charge is 0.492 e. The average Bonchev–Trinajstić information content (AvgIpc) is 2.34. The maximum absolute atomic E-state index is 12.2. The lowest BCUT2D eigenvalue weighted by atomic mass is 9.91. The number of ether oxygens (including phenoxy) is 2. The molecule has 1 heterocycles. The summed E-state index contributed by atoms with van der Waals surface area (Å²) in [5.74, 6) is -0.176. The fourth-order valence-electron chi connectivity index (χ4n) is 2.09. The van der Waals surface area contributed by atoms with Crippen LogP contribution in [0.25, 0.3) is 0 Å². The molecule has 2 rings (SSSR count). The second-order valence-corrected chi connectivity index (χ2v) is 4.33. The Bertz CT molecular complexity index is 479. The Balaban J connectivity index is 2.16. The van der Waals surface area contributed by atoms with Crippen LogP contribution in [0.15, 0.2) is 18.2 Å². The third kappa shape index (κ3) is 2.37. The zero-order valence-electron chi connectivity index (χ0n) is 10.6. The van der Waals surface area contributed by atoms with Crippen LogP contribution in [0.5, 0.6) is 5.75 Å². The molecule has 1 aromatic rings. The minimum absolute atomic E-state index is 0.0343. The molecule has 0 saturated heterocycles. The number of fused-ring (bicyclic) bond motifs is 1. The Morgan fingerprint density at radius 3 is 3.00 bits per heavy atom. The molecule has 1 atom stereocenters. The van der Waals surface area contributed by atoms with E-state index >= 15 is 0 Å². The Kier molecular flexibility index (Phi) is 3.65. The number of carbonyl (C=O) groups excluding carboxylic acids is 2. The van der Waals surface area contributed by atoms with Gasteiger partial charge in [0.1, 0.15) is 5.75 Å². The summed E-state index contributed by atoms with van der Waals surface area (Å²) >= 11 is 0. The van der Waals surface area contributed by atoms with Crippen molar-refractivity contribution in [1.29, 1.82) is 0 Å². The Morgan fingerprint density at radius 2 is 2.28 bits per heavy atom. The summed E-state index contributed by atoms with van der Waals surface area (Å²) in [6.07, 6.45) is 0.0834. The summed E-state index contributed by atoms with van der Waals surface area (Å²) in [7, 11) is 0. The quantitative estimate of drug-likeness (QED) is 0.769. The van der Waals surface area contributed by atoms with Crippen LogP contribution in [-0.4, -0.2) is 25.0 Å². The number of aryl methyl sites for hydroxylation is 1. The number of Topliss-reactive ketones (excluding diaryl/α,β-unsaturated/α-hetero) is 1. The molecule has 0 aliphatic carbocycles. The molecule has 0 spiro atoms. The minimum Gasteiger partial charge on any atom is -0.492 e. The molecule has 1 aliphatic heterocycles. The van der Waals surface area contributed by atoms with Crippen LogP contribution in [0.2, 0.25) is 0 Å². The highest BCUT2D eigenvalue weighted by atomic mass is 16.5. The SMILES string of the molecule is CCOC(=O)C[C@H]1COc2c(C)cccc2C1=O. The van der Waals surface area contributed by atoms with Gasteiger partial charge in [-0.05, 0) is 25.5 Å². The molecule has 0 radical (unpaired) electrons. The monoisotopic (exact) mass is 248 g/mol. The molecule has 0 aromatic heterocycles. The Hall–Kier alpha value is -1.84. The van der Waals surface area contributed by atoms with Crippen LogP contribution < -0.4 is 4.74 Å². The number of hydrogen-bond donors (Lipinski definition) is 0. The zero-order valence-corrected chi connectivity index (χ0v) is 10.6. The van der Waals surface area contributed by atoms with Gasteiger partial charge in [-0.1, -0.05) is 12.1 Å². The third-order valence-electron chi connectivity index (χ3n) is 3.00. The zero-order chi connectivity index (χ0) is 13.1. The normalized spacial score (nSPS) is 17.9.